The molecular weight excluding hydrogens is 248 g/mol. The minimum atomic E-state index is 0.262. The lowest BCUT2D eigenvalue weighted by molar-refractivity contribution is 0.0972. The van der Waals surface area contributed by atoms with Crippen LogP contribution >= 0.6 is 0 Å². The van der Waals surface area contributed by atoms with Crippen molar-refractivity contribution in [2.75, 3.05) is 0 Å². The van der Waals surface area contributed by atoms with E-state index in [1.54, 1.807) is 6.07 Å². The third kappa shape index (κ3) is 2.22. The highest BCUT2D eigenvalue weighted by molar-refractivity contribution is 5.99. The minimum Gasteiger partial charge on any atom is -0.508 e. The Morgan fingerprint density at radius 3 is 2.60 bits per heavy atom. The molecule has 0 amide bonds. The van der Waals surface area contributed by atoms with Gasteiger partial charge in [0.2, 0.25) is 0 Å². The number of hydrogen-bond donors (Lipinski definition) is 1. The van der Waals surface area contributed by atoms with Crippen LogP contribution in [0.1, 0.15) is 41.3 Å². The standard InChI is InChI=1S/C18H18O2/c1-2-12-10-14(7-9-17(12)19)13-6-8-16-15(11-13)4-3-5-18(16)20/h6-11,19H,2-5H2,1H3. The second kappa shape index (κ2) is 5.12. The first-order chi connectivity index (χ1) is 9.69. The number of aryl methyl sites for hydroxylation is 2. The Labute approximate surface area is 119 Å². The summed E-state index contributed by atoms with van der Waals surface area (Å²) in [7, 11) is 0. The van der Waals surface area contributed by atoms with Gasteiger partial charge in [-0.15, -0.1) is 0 Å². The maximum Gasteiger partial charge on any atom is 0.163 e. The highest BCUT2D eigenvalue weighted by atomic mass is 16.3. The molecule has 0 saturated carbocycles. The number of aromatic hydroxyl groups is 1. The Morgan fingerprint density at radius 1 is 1.05 bits per heavy atom. The predicted octanol–water partition coefficient (Wildman–Crippen LogP) is 4.14. The van der Waals surface area contributed by atoms with Gasteiger partial charge in [0.25, 0.3) is 0 Å². The van der Waals surface area contributed by atoms with E-state index in [0.29, 0.717) is 12.2 Å². The summed E-state index contributed by atoms with van der Waals surface area (Å²) in [5.74, 6) is 0.613. The fourth-order valence-corrected chi connectivity index (χ4v) is 2.87. The molecule has 0 spiro atoms. The number of fused-ring (bicyclic) bond motifs is 1. The Hall–Kier alpha value is -2.09. The zero-order valence-electron chi connectivity index (χ0n) is 11.6. The summed E-state index contributed by atoms with van der Waals surface area (Å²) in [6.07, 6.45) is 3.41. The molecule has 0 heterocycles. The van der Waals surface area contributed by atoms with Crippen molar-refractivity contribution < 1.29 is 9.90 Å². The van der Waals surface area contributed by atoms with Crippen LogP contribution < -0.4 is 0 Å². The number of benzene rings is 2. The molecule has 1 N–H and O–H groups in total. The average molecular weight is 266 g/mol. The van der Waals surface area contributed by atoms with Crippen molar-refractivity contribution in [2.24, 2.45) is 0 Å². The smallest absolute Gasteiger partial charge is 0.163 e. The van der Waals surface area contributed by atoms with Crippen LogP contribution in [0.5, 0.6) is 5.75 Å². The summed E-state index contributed by atoms with van der Waals surface area (Å²) in [5, 5.41) is 9.76. The number of hydrogen-bond acceptors (Lipinski definition) is 2. The number of Topliss-reactive ketones (excluding diaryl/α,β-unsaturated/α-hetero) is 1. The van der Waals surface area contributed by atoms with Gasteiger partial charge in [-0.3, -0.25) is 4.79 Å². The summed E-state index contributed by atoms with van der Waals surface area (Å²) in [5.41, 5.74) is 5.21. The largest absolute Gasteiger partial charge is 0.508 e. The summed E-state index contributed by atoms with van der Waals surface area (Å²) in [4.78, 5) is 11.8. The quantitative estimate of drug-likeness (QED) is 0.887. The molecule has 0 radical (unpaired) electrons. The number of phenolic OH excluding ortho intramolecular Hbond substituents is 1. The van der Waals surface area contributed by atoms with E-state index < -0.39 is 0 Å². The first-order valence-corrected chi connectivity index (χ1v) is 7.17. The van der Waals surface area contributed by atoms with Crippen LogP contribution in [0.3, 0.4) is 0 Å². The van der Waals surface area contributed by atoms with Gasteiger partial charge in [0, 0.05) is 12.0 Å². The number of phenols is 1. The zero-order chi connectivity index (χ0) is 14.1. The van der Waals surface area contributed by atoms with E-state index in [9.17, 15) is 9.90 Å². The van der Waals surface area contributed by atoms with Crippen molar-refractivity contribution in [3.63, 3.8) is 0 Å². The molecule has 2 nitrogen and oxygen atoms in total. The van der Waals surface area contributed by atoms with E-state index in [1.165, 1.54) is 0 Å². The zero-order valence-corrected chi connectivity index (χ0v) is 11.6. The van der Waals surface area contributed by atoms with Gasteiger partial charge in [-0.25, -0.2) is 0 Å². The topological polar surface area (TPSA) is 37.3 Å². The van der Waals surface area contributed by atoms with E-state index in [0.717, 1.165) is 47.1 Å². The Kier molecular flexibility index (Phi) is 3.31. The monoisotopic (exact) mass is 266 g/mol. The Balaban J connectivity index is 2.05. The first-order valence-electron chi connectivity index (χ1n) is 7.17. The van der Waals surface area contributed by atoms with Crippen LogP contribution in [0.4, 0.5) is 0 Å². The second-order valence-electron chi connectivity index (χ2n) is 5.35. The summed E-state index contributed by atoms with van der Waals surface area (Å²) in [6.45, 7) is 2.03. The van der Waals surface area contributed by atoms with Crippen molar-refractivity contribution in [3.8, 4) is 16.9 Å². The van der Waals surface area contributed by atoms with Gasteiger partial charge in [-0.1, -0.05) is 31.2 Å². The fraction of sp³-hybridized carbons (Fsp3) is 0.278. The maximum atomic E-state index is 11.8. The van der Waals surface area contributed by atoms with Crippen molar-refractivity contribution in [2.45, 2.75) is 32.6 Å². The number of rotatable bonds is 2. The van der Waals surface area contributed by atoms with E-state index in [4.69, 9.17) is 0 Å². The van der Waals surface area contributed by atoms with E-state index in [-0.39, 0.29) is 5.78 Å². The maximum absolute atomic E-state index is 11.8. The van der Waals surface area contributed by atoms with Gasteiger partial charge in [0.05, 0.1) is 0 Å². The molecule has 0 bridgehead atoms. The van der Waals surface area contributed by atoms with Gasteiger partial charge in [0.15, 0.2) is 5.78 Å². The lowest BCUT2D eigenvalue weighted by atomic mass is 9.88. The van der Waals surface area contributed by atoms with Crippen molar-refractivity contribution in [1.29, 1.82) is 0 Å². The molecule has 0 aliphatic heterocycles. The molecule has 0 saturated heterocycles. The molecule has 0 aromatic heterocycles. The van der Waals surface area contributed by atoms with Crippen LogP contribution in [0.2, 0.25) is 0 Å². The lowest BCUT2D eigenvalue weighted by Gasteiger charge is -2.16. The Morgan fingerprint density at radius 2 is 1.80 bits per heavy atom. The van der Waals surface area contributed by atoms with Gasteiger partial charge in [-0.05, 0) is 53.6 Å². The SMILES string of the molecule is CCc1cc(-c2ccc3c(c2)CCCC3=O)ccc1O. The third-order valence-corrected chi connectivity index (χ3v) is 4.05. The van der Waals surface area contributed by atoms with Crippen molar-refractivity contribution in [1.82, 2.24) is 0 Å². The number of ketones is 1. The highest BCUT2D eigenvalue weighted by Crippen LogP contribution is 2.30. The van der Waals surface area contributed by atoms with E-state index in [1.807, 2.05) is 31.2 Å². The number of carbonyl (C=O) groups excluding carboxylic acids is 1. The van der Waals surface area contributed by atoms with Gasteiger partial charge in [0.1, 0.15) is 5.75 Å². The molecule has 0 atom stereocenters. The van der Waals surface area contributed by atoms with E-state index >= 15 is 0 Å². The molecule has 102 valence electrons. The molecule has 0 fully saturated rings. The van der Waals surface area contributed by atoms with Crippen LogP contribution in [0.15, 0.2) is 36.4 Å². The van der Waals surface area contributed by atoms with Gasteiger partial charge in [-0.2, -0.15) is 0 Å². The molecule has 1 aliphatic rings. The molecule has 20 heavy (non-hydrogen) atoms. The molecule has 2 heteroatoms. The van der Waals surface area contributed by atoms with Crippen LogP contribution in [-0.4, -0.2) is 10.9 Å². The lowest BCUT2D eigenvalue weighted by Crippen LogP contribution is -2.10. The molecule has 3 rings (SSSR count). The Bertz CT molecular complexity index is 671. The highest BCUT2D eigenvalue weighted by Gasteiger charge is 2.17. The molecule has 0 unspecified atom stereocenters. The van der Waals surface area contributed by atoms with Crippen LogP contribution in [0.25, 0.3) is 11.1 Å². The number of carbonyl (C=O) groups is 1. The van der Waals surface area contributed by atoms with E-state index in [2.05, 4.69) is 6.07 Å². The fourth-order valence-electron chi connectivity index (χ4n) is 2.87. The summed E-state index contributed by atoms with van der Waals surface area (Å²) in [6, 6.07) is 11.8. The molecule has 1 aliphatic carbocycles. The average Bonchev–Trinajstić information content (AvgIpc) is 2.47. The summed E-state index contributed by atoms with van der Waals surface area (Å²) >= 11 is 0. The van der Waals surface area contributed by atoms with Crippen molar-refractivity contribution in [3.05, 3.63) is 53.1 Å². The first kappa shape index (κ1) is 12.9. The second-order valence-corrected chi connectivity index (χ2v) is 5.35. The molecule has 2 aromatic carbocycles. The van der Waals surface area contributed by atoms with Crippen LogP contribution in [-0.2, 0) is 12.8 Å². The minimum absolute atomic E-state index is 0.262. The van der Waals surface area contributed by atoms with Gasteiger partial charge >= 0.3 is 0 Å². The molecular formula is C18H18O2. The third-order valence-electron chi connectivity index (χ3n) is 4.05. The predicted molar refractivity (Wildman–Crippen MR) is 80.2 cm³/mol. The van der Waals surface area contributed by atoms with Crippen LogP contribution in [0, 0.1) is 0 Å². The normalized spacial score (nSPS) is 14.2. The molecule has 2 aromatic rings. The van der Waals surface area contributed by atoms with Crippen molar-refractivity contribution >= 4 is 5.78 Å². The van der Waals surface area contributed by atoms with Gasteiger partial charge < -0.3 is 5.11 Å². The summed E-state index contributed by atoms with van der Waals surface area (Å²) < 4.78 is 0.